The van der Waals surface area contributed by atoms with Crippen LogP contribution in [0.1, 0.15) is 24.2 Å². The molecule has 1 saturated heterocycles. The third-order valence-electron chi connectivity index (χ3n) is 4.94. The summed E-state index contributed by atoms with van der Waals surface area (Å²) < 4.78 is 5.34. The predicted octanol–water partition coefficient (Wildman–Crippen LogP) is 1.17. The minimum Gasteiger partial charge on any atom is -0.497 e. The lowest BCUT2D eigenvalue weighted by molar-refractivity contribution is -0.129. The van der Waals surface area contributed by atoms with Crippen molar-refractivity contribution in [2.45, 2.75) is 13.0 Å². The van der Waals surface area contributed by atoms with Gasteiger partial charge in [0.1, 0.15) is 17.9 Å². The Morgan fingerprint density at radius 2 is 2.00 bits per heavy atom. The Morgan fingerprint density at radius 1 is 1.19 bits per heavy atom. The summed E-state index contributed by atoms with van der Waals surface area (Å²) in [4.78, 5) is 24.5. The number of benzene rings is 1. The number of piperazine rings is 1. The van der Waals surface area contributed by atoms with E-state index in [0.717, 1.165) is 54.7 Å². The molecule has 2 aliphatic rings. The van der Waals surface area contributed by atoms with Crippen LogP contribution in [0.5, 0.6) is 5.75 Å². The molecule has 1 atom stereocenters. The smallest absolute Gasteiger partial charge is 0.219 e. The van der Waals surface area contributed by atoms with Crippen molar-refractivity contribution in [1.82, 2.24) is 20.3 Å². The van der Waals surface area contributed by atoms with Gasteiger partial charge in [-0.25, -0.2) is 15.4 Å². The van der Waals surface area contributed by atoms with Crippen LogP contribution in [0.4, 0.5) is 11.5 Å². The van der Waals surface area contributed by atoms with E-state index in [4.69, 9.17) is 4.74 Å². The Hall–Kier alpha value is -2.87. The molecule has 0 spiro atoms. The lowest BCUT2D eigenvalue weighted by Gasteiger charge is -2.35. The zero-order valence-corrected chi connectivity index (χ0v) is 14.9. The van der Waals surface area contributed by atoms with E-state index in [1.807, 2.05) is 29.2 Å². The Labute approximate surface area is 152 Å². The van der Waals surface area contributed by atoms with Gasteiger partial charge < -0.3 is 20.0 Å². The quantitative estimate of drug-likeness (QED) is 0.856. The van der Waals surface area contributed by atoms with Crippen molar-refractivity contribution < 1.29 is 9.53 Å². The molecule has 0 radical (unpaired) electrons. The summed E-state index contributed by atoms with van der Waals surface area (Å²) in [6.07, 6.45) is 1.60. The van der Waals surface area contributed by atoms with Gasteiger partial charge in [-0.3, -0.25) is 4.79 Å². The fourth-order valence-corrected chi connectivity index (χ4v) is 3.42. The second-order valence-corrected chi connectivity index (χ2v) is 6.45. The van der Waals surface area contributed by atoms with E-state index in [2.05, 4.69) is 25.7 Å². The highest BCUT2D eigenvalue weighted by molar-refractivity contribution is 5.73. The van der Waals surface area contributed by atoms with Crippen molar-refractivity contribution >= 4 is 17.4 Å². The van der Waals surface area contributed by atoms with Crippen LogP contribution >= 0.6 is 0 Å². The molecule has 2 aliphatic heterocycles. The van der Waals surface area contributed by atoms with E-state index in [9.17, 15) is 4.79 Å². The summed E-state index contributed by atoms with van der Waals surface area (Å²) >= 11 is 0. The molecule has 8 nitrogen and oxygen atoms in total. The lowest BCUT2D eigenvalue weighted by atomic mass is 10.0. The molecule has 1 amide bonds. The highest BCUT2D eigenvalue weighted by Crippen LogP contribution is 2.35. The monoisotopic (exact) mass is 354 g/mol. The first kappa shape index (κ1) is 16.6. The maximum absolute atomic E-state index is 11.5. The van der Waals surface area contributed by atoms with Gasteiger partial charge in [-0.05, 0) is 18.2 Å². The lowest BCUT2D eigenvalue weighted by Crippen LogP contribution is -2.48. The third-order valence-corrected chi connectivity index (χ3v) is 4.94. The molecule has 1 unspecified atom stereocenters. The minimum atomic E-state index is -0.0691. The molecule has 2 N–H and O–H groups in total. The van der Waals surface area contributed by atoms with Crippen molar-refractivity contribution in [3.8, 4) is 5.75 Å². The average molecular weight is 354 g/mol. The SMILES string of the molecule is COc1ccc2c(c1)C(c1cc(N3CCN(C(C)=O)CC3)ncn1)NN2. The van der Waals surface area contributed by atoms with Gasteiger partial charge in [-0.1, -0.05) is 0 Å². The van der Waals surface area contributed by atoms with Crippen LogP contribution in [-0.2, 0) is 4.79 Å². The Kier molecular flexibility index (Phi) is 4.34. The summed E-state index contributed by atoms with van der Waals surface area (Å²) in [7, 11) is 1.66. The molecular formula is C18H22N6O2. The van der Waals surface area contributed by atoms with Gasteiger partial charge in [0.25, 0.3) is 0 Å². The Balaban J connectivity index is 1.56. The van der Waals surface area contributed by atoms with Gasteiger partial charge in [0, 0.05) is 44.7 Å². The zero-order chi connectivity index (χ0) is 18.1. The number of methoxy groups -OCH3 is 1. The van der Waals surface area contributed by atoms with E-state index in [1.54, 1.807) is 20.4 Å². The van der Waals surface area contributed by atoms with Crippen molar-refractivity contribution in [2.75, 3.05) is 43.6 Å². The number of hydrazine groups is 1. The first-order valence-electron chi connectivity index (χ1n) is 8.67. The predicted molar refractivity (Wildman–Crippen MR) is 98.1 cm³/mol. The number of carbonyl (C=O) groups is 1. The topological polar surface area (TPSA) is 82.6 Å². The maximum atomic E-state index is 11.5. The molecule has 2 aromatic rings. The van der Waals surface area contributed by atoms with Crippen LogP contribution in [0.15, 0.2) is 30.6 Å². The van der Waals surface area contributed by atoms with E-state index in [0.29, 0.717) is 0 Å². The van der Waals surface area contributed by atoms with Gasteiger partial charge in [0.2, 0.25) is 5.91 Å². The number of hydrogen-bond acceptors (Lipinski definition) is 7. The van der Waals surface area contributed by atoms with E-state index < -0.39 is 0 Å². The van der Waals surface area contributed by atoms with Crippen molar-refractivity contribution in [2.24, 2.45) is 0 Å². The highest BCUT2D eigenvalue weighted by Gasteiger charge is 2.27. The number of ether oxygens (including phenoxy) is 1. The van der Waals surface area contributed by atoms with E-state index in [1.165, 1.54) is 0 Å². The van der Waals surface area contributed by atoms with Crippen LogP contribution in [0.25, 0.3) is 0 Å². The van der Waals surface area contributed by atoms with E-state index >= 15 is 0 Å². The van der Waals surface area contributed by atoms with Crippen LogP contribution in [0.3, 0.4) is 0 Å². The normalized spacial score (nSPS) is 19.1. The summed E-state index contributed by atoms with van der Waals surface area (Å²) in [6, 6.07) is 7.87. The molecular weight excluding hydrogens is 332 g/mol. The van der Waals surface area contributed by atoms with Crippen LogP contribution < -0.4 is 20.5 Å². The maximum Gasteiger partial charge on any atom is 0.219 e. The molecule has 1 aromatic carbocycles. The van der Waals surface area contributed by atoms with E-state index in [-0.39, 0.29) is 11.9 Å². The number of aromatic nitrogens is 2. The first-order chi connectivity index (χ1) is 12.7. The molecule has 136 valence electrons. The summed E-state index contributed by atoms with van der Waals surface area (Å²) in [5.74, 6) is 1.82. The number of anilines is 2. The molecule has 26 heavy (non-hydrogen) atoms. The second-order valence-electron chi connectivity index (χ2n) is 6.45. The molecule has 1 fully saturated rings. The van der Waals surface area contributed by atoms with Crippen LogP contribution in [0.2, 0.25) is 0 Å². The van der Waals surface area contributed by atoms with Crippen LogP contribution in [-0.4, -0.2) is 54.1 Å². The first-order valence-corrected chi connectivity index (χ1v) is 8.67. The molecule has 0 aliphatic carbocycles. The number of carbonyl (C=O) groups excluding carboxylic acids is 1. The van der Waals surface area contributed by atoms with Gasteiger partial charge >= 0.3 is 0 Å². The number of nitrogens with one attached hydrogen (secondary N) is 2. The Bertz CT molecular complexity index is 819. The van der Waals surface area contributed by atoms with Gasteiger partial charge in [-0.15, -0.1) is 0 Å². The number of fused-ring (bicyclic) bond motifs is 1. The Morgan fingerprint density at radius 3 is 2.73 bits per heavy atom. The summed E-state index contributed by atoms with van der Waals surface area (Å²) in [5, 5.41) is 0. The summed E-state index contributed by atoms with van der Waals surface area (Å²) in [6.45, 7) is 4.60. The number of hydrogen-bond donors (Lipinski definition) is 2. The fraction of sp³-hybridized carbons (Fsp3) is 0.389. The summed E-state index contributed by atoms with van der Waals surface area (Å²) in [5.41, 5.74) is 9.47. The van der Waals surface area contributed by atoms with Crippen molar-refractivity contribution in [3.05, 3.63) is 41.9 Å². The second kappa shape index (κ2) is 6.80. The average Bonchev–Trinajstić information content (AvgIpc) is 3.11. The van der Waals surface area contributed by atoms with Gasteiger partial charge in [0.15, 0.2) is 0 Å². The molecule has 1 aromatic heterocycles. The highest BCUT2D eigenvalue weighted by atomic mass is 16.5. The number of amides is 1. The minimum absolute atomic E-state index is 0.0691. The standard InChI is InChI=1S/C18H22N6O2/c1-12(25)23-5-7-24(8-6-23)17-10-16(19-11-20-17)18-14-9-13(26-2)3-4-15(14)21-22-18/h3-4,9-11,18,21-22H,5-8H2,1-2H3. The zero-order valence-electron chi connectivity index (χ0n) is 14.9. The third kappa shape index (κ3) is 3.03. The van der Waals surface area contributed by atoms with Crippen molar-refractivity contribution in [1.29, 1.82) is 0 Å². The van der Waals surface area contributed by atoms with Crippen molar-refractivity contribution in [3.63, 3.8) is 0 Å². The molecule has 0 saturated carbocycles. The molecule has 0 bridgehead atoms. The number of rotatable bonds is 3. The van der Waals surface area contributed by atoms with Gasteiger partial charge in [-0.2, -0.15) is 0 Å². The molecule has 8 heteroatoms. The molecule has 3 heterocycles. The number of nitrogens with zero attached hydrogens (tertiary/aromatic N) is 4. The fourth-order valence-electron chi connectivity index (χ4n) is 3.42. The largest absolute Gasteiger partial charge is 0.497 e. The van der Waals surface area contributed by atoms with Gasteiger partial charge in [0.05, 0.1) is 24.5 Å². The van der Waals surface area contributed by atoms with Crippen LogP contribution in [0, 0.1) is 0 Å². The molecule has 4 rings (SSSR count).